The van der Waals surface area contributed by atoms with E-state index < -0.39 is 0 Å². The van der Waals surface area contributed by atoms with Crippen LogP contribution in [0.15, 0.2) is 84.6 Å². The van der Waals surface area contributed by atoms with Crippen molar-refractivity contribution in [1.82, 2.24) is 0 Å². The molecule has 0 unspecified atom stereocenters. The molecule has 0 N–H and O–H groups in total. The van der Waals surface area contributed by atoms with Gasteiger partial charge in [-0.25, -0.2) is 0 Å². The first-order valence-electron chi connectivity index (χ1n) is 12.2. The molecular formula is C31H35N2+. The lowest BCUT2D eigenvalue weighted by molar-refractivity contribution is -0.399. The Hall–Kier alpha value is -3.13. The molecule has 0 aromatic heterocycles. The highest BCUT2D eigenvalue weighted by atomic mass is 15.2. The van der Waals surface area contributed by atoms with Gasteiger partial charge in [0.1, 0.15) is 7.05 Å². The van der Waals surface area contributed by atoms with Gasteiger partial charge < -0.3 is 4.90 Å². The second kappa shape index (κ2) is 7.73. The molecule has 2 nitrogen and oxygen atoms in total. The second-order valence-corrected chi connectivity index (χ2v) is 10.5. The van der Waals surface area contributed by atoms with E-state index in [9.17, 15) is 0 Å². The fraction of sp³-hybridized carbons (Fsp3) is 0.323. The molecule has 0 saturated carbocycles. The normalized spacial score (nSPS) is 19.7. The van der Waals surface area contributed by atoms with Crippen LogP contribution < -0.4 is 4.90 Å². The molecular weight excluding hydrogens is 400 g/mol. The van der Waals surface area contributed by atoms with E-state index in [0.717, 1.165) is 13.0 Å². The van der Waals surface area contributed by atoms with Gasteiger partial charge in [-0.15, -0.1) is 0 Å². The fourth-order valence-corrected chi connectivity index (χ4v) is 5.95. The molecule has 33 heavy (non-hydrogen) atoms. The summed E-state index contributed by atoms with van der Waals surface area (Å²) in [5.74, 6) is 0. The summed E-state index contributed by atoms with van der Waals surface area (Å²) in [7, 11) is 2.21. The molecule has 2 aliphatic heterocycles. The van der Waals surface area contributed by atoms with E-state index >= 15 is 0 Å². The lowest BCUT2D eigenvalue weighted by atomic mass is 9.80. The number of nitrogens with zero attached hydrogens (tertiary/aromatic N) is 2. The maximum Gasteiger partial charge on any atom is 0.217 e. The Labute approximate surface area is 198 Å². The van der Waals surface area contributed by atoms with Gasteiger partial charge in [-0.1, -0.05) is 75.4 Å². The van der Waals surface area contributed by atoms with Gasteiger partial charge in [-0.2, -0.15) is 4.58 Å². The van der Waals surface area contributed by atoms with Crippen molar-refractivity contribution in [1.29, 1.82) is 0 Å². The van der Waals surface area contributed by atoms with Crippen molar-refractivity contribution in [2.24, 2.45) is 0 Å². The van der Waals surface area contributed by atoms with Gasteiger partial charge >= 0.3 is 0 Å². The number of hydrogen-bond donors (Lipinski definition) is 0. The molecule has 2 heteroatoms. The molecule has 5 rings (SSSR count). The van der Waals surface area contributed by atoms with Gasteiger partial charge in [0.15, 0.2) is 5.71 Å². The first kappa shape index (κ1) is 21.7. The number of allylic oxidation sites excluding steroid dienone is 4. The van der Waals surface area contributed by atoms with Crippen molar-refractivity contribution in [2.75, 3.05) is 18.5 Å². The maximum atomic E-state index is 2.51. The number of para-hydroxylation sites is 1. The largest absolute Gasteiger partial charge is 0.344 e. The molecule has 3 aromatic carbocycles. The summed E-state index contributed by atoms with van der Waals surface area (Å²) in [5, 5.41) is 2.63. The summed E-state index contributed by atoms with van der Waals surface area (Å²) < 4.78 is 2.39. The molecule has 0 aliphatic carbocycles. The number of benzene rings is 3. The van der Waals surface area contributed by atoms with Crippen LogP contribution in [0.25, 0.3) is 10.8 Å². The minimum absolute atomic E-state index is 0.00295. The summed E-state index contributed by atoms with van der Waals surface area (Å²) in [4.78, 5) is 2.51. The first-order valence-corrected chi connectivity index (χ1v) is 12.2. The van der Waals surface area contributed by atoms with Crippen molar-refractivity contribution in [3.8, 4) is 0 Å². The molecule has 0 bridgehead atoms. The van der Waals surface area contributed by atoms with Crippen molar-refractivity contribution in [3.63, 3.8) is 0 Å². The van der Waals surface area contributed by atoms with E-state index in [2.05, 4.69) is 130 Å². The first-order chi connectivity index (χ1) is 15.8. The molecule has 0 amide bonds. The minimum atomic E-state index is -0.0413. The SMILES string of the molecule is CCCN1C(=CC=CC2=[N+](C)c3c(ccc4ccccc34)C2(C)C)C(C)(C)c2ccccc21. The molecule has 0 fully saturated rings. The minimum Gasteiger partial charge on any atom is -0.344 e. The van der Waals surface area contributed by atoms with E-state index in [1.54, 1.807) is 0 Å². The zero-order chi connectivity index (χ0) is 23.4. The molecule has 0 saturated heterocycles. The average molecular weight is 436 g/mol. The van der Waals surface area contributed by atoms with E-state index in [0.29, 0.717) is 0 Å². The van der Waals surface area contributed by atoms with Crippen LogP contribution in [-0.4, -0.2) is 23.9 Å². The van der Waals surface area contributed by atoms with Crippen molar-refractivity contribution >= 4 is 27.9 Å². The molecule has 2 aliphatic rings. The molecule has 0 atom stereocenters. The van der Waals surface area contributed by atoms with Crippen LogP contribution in [0.5, 0.6) is 0 Å². The monoisotopic (exact) mass is 435 g/mol. The van der Waals surface area contributed by atoms with Crippen LogP contribution in [-0.2, 0) is 10.8 Å². The molecule has 3 aromatic rings. The van der Waals surface area contributed by atoms with Crippen molar-refractivity contribution in [2.45, 2.75) is 51.9 Å². The van der Waals surface area contributed by atoms with Crippen LogP contribution in [0.1, 0.15) is 52.2 Å². The summed E-state index contributed by atoms with van der Waals surface area (Å²) >= 11 is 0. The van der Waals surface area contributed by atoms with E-state index in [4.69, 9.17) is 0 Å². The number of rotatable bonds is 4. The Bertz CT molecular complexity index is 1330. The highest BCUT2D eigenvalue weighted by Gasteiger charge is 2.44. The Balaban J connectivity index is 1.58. The topological polar surface area (TPSA) is 6.25 Å². The lowest BCUT2D eigenvalue weighted by Gasteiger charge is -2.26. The zero-order valence-electron chi connectivity index (χ0n) is 20.8. The summed E-state index contributed by atoms with van der Waals surface area (Å²) in [6.07, 6.45) is 8.06. The number of hydrogen-bond acceptors (Lipinski definition) is 1. The molecule has 0 radical (unpaired) electrons. The smallest absolute Gasteiger partial charge is 0.217 e. The third kappa shape index (κ3) is 3.19. The maximum absolute atomic E-state index is 2.51. The Kier molecular flexibility index (Phi) is 5.08. The quantitative estimate of drug-likeness (QED) is 0.385. The molecule has 2 heterocycles. The summed E-state index contributed by atoms with van der Waals surface area (Å²) in [6.45, 7) is 12.7. The molecule has 168 valence electrons. The number of fused-ring (bicyclic) bond motifs is 4. The molecule has 0 spiro atoms. The predicted molar refractivity (Wildman–Crippen MR) is 142 cm³/mol. The van der Waals surface area contributed by atoms with Crippen LogP contribution in [0.2, 0.25) is 0 Å². The van der Waals surface area contributed by atoms with Gasteiger partial charge in [0.05, 0.1) is 10.8 Å². The summed E-state index contributed by atoms with van der Waals surface area (Å²) in [6, 6.07) is 22.2. The van der Waals surface area contributed by atoms with E-state index in [-0.39, 0.29) is 10.8 Å². The van der Waals surface area contributed by atoms with E-state index in [1.165, 1.54) is 44.7 Å². The van der Waals surface area contributed by atoms with Gasteiger partial charge in [-0.05, 0) is 49.4 Å². The van der Waals surface area contributed by atoms with Gasteiger partial charge in [0.25, 0.3) is 0 Å². The average Bonchev–Trinajstić information content (AvgIpc) is 3.14. The fourth-order valence-electron chi connectivity index (χ4n) is 5.95. The third-order valence-electron chi connectivity index (χ3n) is 7.67. The third-order valence-corrected chi connectivity index (χ3v) is 7.67. The van der Waals surface area contributed by atoms with Crippen LogP contribution in [0, 0.1) is 0 Å². The number of anilines is 1. The van der Waals surface area contributed by atoms with E-state index in [1.807, 2.05) is 0 Å². The van der Waals surface area contributed by atoms with Gasteiger partial charge in [0.2, 0.25) is 5.69 Å². The van der Waals surface area contributed by atoms with Crippen molar-refractivity contribution in [3.05, 3.63) is 95.7 Å². The lowest BCUT2D eigenvalue weighted by Crippen LogP contribution is -2.27. The Morgan fingerprint density at radius 1 is 0.848 bits per heavy atom. The van der Waals surface area contributed by atoms with Crippen molar-refractivity contribution < 1.29 is 4.58 Å². The Morgan fingerprint density at radius 3 is 2.36 bits per heavy atom. The highest BCUT2D eigenvalue weighted by Crippen LogP contribution is 2.48. The van der Waals surface area contributed by atoms with Crippen LogP contribution in [0.3, 0.4) is 0 Å². The standard InChI is InChI=1S/C31H35N2/c1-7-21-33-26-16-11-10-15-24(26)30(2,3)28(33)18-12-17-27-31(4,5)25-20-19-22-13-8-9-14-23(22)29(25)32(27)6/h8-20H,7,21H2,1-6H3/q+1. The van der Waals surface area contributed by atoms with Crippen LogP contribution >= 0.6 is 0 Å². The van der Waals surface area contributed by atoms with Crippen LogP contribution in [0.4, 0.5) is 11.4 Å². The zero-order valence-corrected chi connectivity index (χ0v) is 20.8. The second-order valence-electron chi connectivity index (χ2n) is 10.5. The Morgan fingerprint density at radius 2 is 1.58 bits per heavy atom. The van der Waals surface area contributed by atoms with Gasteiger partial charge in [-0.3, -0.25) is 0 Å². The van der Waals surface area contributed by atoms with Gasteiger partial charge in [0, 0.05) is 35.0 Å². The highest BCUT2D eigenvalue weighted by molar-refractivity contribution is 6.07. The predicted octanol–water partition coefficient (Wildman–Crippen LogP) is 7.49. The summed E-state index contributed by atoms with van der Waals surface area (Å²) in [5.41, 5.74) is 8.18.